The van der Waals surface area contributed by atoms with Gasteiger partial charge in [0.05, 0.1) is 58.0 Å². The SMILES string of the molecule is C=CCO[C@@H]1OC(CO)[C@@H](O)C(O)C1[NH-].C=CCO[C@@H]1OC(CO)[C@@H](O[C@@H]2OC(CO)[C@H](O)C(O)C2O)C(O)C1[NH-].C[C@@H]1OC(CO)[C@@H](O)C(O)C1O.[Ac].[Ac]. The summed E-state index contributed by atoms with van der Waals surface area (Å²) in [6.45, 7) is 6.71. The zero-order valence-electron chi connectivity index (χ0n) is 30.2. The Hall–Kier alpha value is 1.48. The molecule has 0 saturated carbocycles. The van der Waals surface area contributed by atoms with Crippen molar-refractivity contribution in [3.05, 3.63) is 36.8 Å². The topological polar surface area (TPSA) is 375 Å². The molecule has 4 saturated heterocycles. The van der Waals surface area contributed by atoms with Crippen LogP contribution in [0.15, 0.2) is 25.3 Å². The molecule has 15 N–H and O–H groups in total. The zero-order chi connectivity index (χ0) is 40.2. The van der Waals surface area contributed by atoms with Crippen LogP contribution in [0.2, 0.25) is 0 Å². The molecular weight excluding hydrogens is 1170 g/mol. The molecule has 22 nitrogen and oxygen atoms in total. The van der Waals surface area contributed by atoms with Crippen LogP contribution in [0, 0.1) is 88.1 Å². The van der Waals surface area contributed by atoms with Crippen molar-refractivity contribution < 1.29 is 188 Å². The van der Waals surface area contributed by atoms with E-state index in [-0.39, 0.29) is 108 Å². The molecule has 0 aromatic heterocycles. The van der Waals surface area contributed by atoms with Gasteiger partial charge in [0.25, 0.3) is 0 Å². The molecule has 4 heterocycles. The molecule has 24 heteroatoms. The molecule has 4 aliphatic heterocycles. The largest absolute Gasteiger partial charge is 0.668 e. The minimum absolute atomic E-state index is 0. The first-order chi connectivity index (χ1) is 25.0. The van der Waals surface area contributed by atoms with Crippen LogP contribution in [0.5, 0.6) is 0 Å². The Morgan fingerprint density at radius 3 is 1.29 bits per heavy atom. The van der Waals surface area contributed by atoms with E-state index >= 15 is 0 Å². The van der Waals surface area contributed by atoms with Gasteiger partial charge in [0.15, 0.2) is 6.29 Å². The molecule has 20 atom stereocenters. The van der Waals surface area contributed by atoms with Crippen LogP contribution >= 0.6 is 0 Å². The average molecular weight is 1230 g/mol. The maximum absolute atomic E-state index is 10.4. The predicted molar refractivity (Wildman–Crippen MR) is 176 cm³/mol. The van der Waals surface area contributed by atoms with Crippen LogP contribution in [0.4, 0.5) is 0 Å². The summed E-state index contributed by atoms with van der Waals surface area (Å²) < 4.78 is 36.5. The number of aliphatic hydroxyl groups is 13. The van der Waals surface area contributed by atoms with E-state index in [4.69, 9.17) is 54.8 Å². The summed E-state index contributed by atoms with van der Waals surface area (Å²) in [6.07, 6.45) is -19.0. The summed E-state index contributed by atoms with van der Waals surface area (Å²) in [6, 6.07) is -2.38. The van der Waals surface area contributed by atoms with E-state index in [1.165, 1.54) is 12.2 Å². The third-order valence-electron chi connectivity index (χ3n) is 8.76. The number of nitrogens with one attached hydrogen (secondary N) is 2. The fourth-order valence-corrected chi connectivity index (χ4v) is 5.55. The van der Waals surface area contributed by atoms with Gasteiger partial charge in [0, 0.05) is 88.1 Å². The second-order valence-corrected chi connectivity index (χ2v) is 12.6. The molecule has 2 radical (unpaired) electrons. The quantitative estimate of drug-likeness (QED) is 0.0809. The van der Waals surface area contributed by atoms with Gasteiger partial charge in [-0.2, -0.15) is 0 Å². The molecule has 0 aliphatic carbocycles. The number of rotatable bonds is 12. The van der Waals surface area contributed by atoms with E-state index in [1.807, 2.05) is 0 Å². The Morgan fingerprint density at radius 1 is 0.491 bits per heavy atom. The van der Waals surface area contributed by atoms with Gasteiger partial charge in [-0.15, -0.1) is 13.2 Å². The van der Waals surface area contributed by atoms with Gasteiger partial charge >= 0.3 is 0 Å². The molecule has 12 unspecified atom stereocenters. The first-order valence-corrected chi connectivity index (χ1v) is 16.7. The Bertz CT molecular complexity index is 1060. The molecular formula is C31H56Ac2N2O20-2. The standard InChI is InChI=1S/C15H26NO10.C9H16NO5.C7H14O5.2Ac/c1-2-3-23-14-8(16)10(20)13(7(5-18)25-14)26-15-12(22)11(21)9(19)6(4-17)24-15;1-2-3-14-9-6(10)8(13)7(12)5(4-11)15-9;1-3-5(9)7(11)6(10)4(2-8)12-3;;/h2,6-22H,1,3-5H2;2,5-13H,1,3-4H2;3-11H,2H2,1H3;;/q2*-1;;;/t6?,7?,8?,9-,10?,11?,12?,13+,14+,15-;5?,6?,7-,8?,9-;3-,4?,5?,6+,7?;;/m010../s1. The van der Waals surface area contributed by atoms with Crippen molar-refractivity contribution in [3.63, 3.8) is 0 Å². The molecule has 0 aromatic carbocycles. The van der Waals surface area contributed by atoms with Gasteiger partial charge in [-0.05, 0) is 6.92 Å². The van der Waals surface area contributed by atoms with Crippen molar-refractivity contribution in [2.75, 3.05) is 39.6 Å². The molecule has 0 aromatic rings. The minimum Gasteiger partial charge on any atom is -0.668 e. The summed E-state index contributed by atoms with van der Waals surface area (Å²) in [4.78, 5) is 0. The molecule has 318 valence electrons. The van der Waals surface area contributed by atoms with E-state index in [9.17, 15) is 56.2 Å². The molecule has 4 fully saturated rings. The van der Waals surface area contributed by atoms with E-state index < -0.39 is 142 Å². The first kappa shape index (κ1) is 56.5. The fraction of sp³-hybridized carbons (Fsp3) is 0.871. The van der Waals surface area contributed by atoms with Crippen molar-refractivity contribution in [1.82, 2.24) is 0 Å². The number of hydrogen-bond donors (Lipinski definition) is 13. The number of ether oxygens (including phenoxy) is 7. The summed E-state index contributed by atoms with van der Waals surface area (Å²) >= 11 is 0. The monoisotopic (exact) mass is 1230 g/mol. The van der Waals surface area contributed by atoms with Gasteiger partial charge in [-0.1, -0.05) is 24.2 Å². The van der Waals surface area contributed by atoms with Crippen LogP contribution in [0.25, 0.3) is 11.5 Å². The zero-order valence-corrected chi connectivity index (χ0v) is 39.7. The van der Waals surface area contributed by atoms with Crippen molar-refractivity contribution in [2.24, 2.45) is 0 Å². The first-order valence-electron chi connectivity index (χ1n) is 16.7. The molecule has 4 rings (SSSR count). The van der Waals surface area contributed by atoms with Crippen LogP contribution in [0.3, 0.4) is 0 Å². The number of hydrogen-bond acceptors (Lipinski definition) is 20. The van der Waals surface area contributed by atoms with Gasteiger partial charge < -0.3 is 111 Å². The third kappa shape index (κ3) is 15.4. The smallest absolute Gasteiger partial charge is 0.187 e. The van der Waals surface area contributed by atoms with E-state index in [1.54, 1.807) is 6.92 Å². The van der Waals surface area contributed by atoms with E-state index in [2.05, 4.69) is 13.2 Å². The Kier molecular flexibility index (Phi) is 28.9. The van der Waals surface area contributed by atoms with Gasteiger partial charge in [0.2, 0.25) is 0 Å². The fourth-order valence-electron chi connectivity index (χ4n) is 5.55. The predicted octanol–water partition coefficient (Wildman–Crippen LogP) is -6.23. The Morgan fingerprint density at radius 2 is 0.855 bits per heavy atom. The average Bonchev–Trinajstić information content (AvgIpc) is 3.16. The second kappa shape index (κ2) is 28.2. The van der Waals surface area contributed by atoms with Crippen LogP contribution in [-0.2, 0) is 33.2 Å². The van der Waals surface area contributed by atoms with Crippen LogP contribution in [-0.4, -0.2) is 229 Å². The summed E-state index contributed by atoms with van der Waals surface area (Å²) in [5.74, 6) is 0. The van der Waals surface area contributed by atoms with Crippen LogP contribution in [0.1, 0.15) is 6.92 Å². The Balaban J connectivity index is 0.000000856. The van der Waals surface area contributed by atoms with Crippen molar-refractivity contribution in [1.29, 1.82) is 0 Å². The van der Waals surface area contributed by atoms with E-state index in [0.717, 1.165) is 0 Å². The third-order valence-corrected chi connectivity index (χ3v) is 8.76. The minimum atomic E-state index is -1.68. The summed E-state index contributed by atoms with van der Waals surface area (Å²) in [5.41, 5.74) is 15.5. The van der Waals surface area contributed by atoms with Crippen molar-refractivity contribution in [2.45, 2.75) is 129 Å². The van der Waals surface area contributed by atoms with Crippen molar-refractivity contribution in [3.8, 4) is 0 Å². The van der Waals surface area contributed by atoms with Crippen molar-refractivity contribution >= 4 is 0 Å². The maximum Gasteiger partial charge on any atom is 0.187 e. The van der Waals surface area contributed by atoms with Gasteiger partial charge in [0.1, 0.15) is 85.8 Å². The normalized spacial score (nSPS) is 44.2. The molecule has 0 spiro atoms. The van der Waals surface area contributed by atoms with Gasteiger partial charge in [-0.25, -0.2) is 0 Å². The van der Waals surface area contributed by atoms with Gasteiger partial charge in [-0.3, -0.25) is 0 Å². The molecule has 0 amide bonds. The molecule has 55 heavy (non-hydrogen) atoms. The summed E-state index contributed by atoms with van der Waals surface area (Å²) in [5, 5.41) is 123. The molecule has 0 bridgehead atoms. The molecule has 4 aliphatic rings. The Labute approximate surface area is 389 Å². The van der Waals surface area contributed by atoms with Crippen LogP contribution < -0.4 is 0 Å². The maximum atomic E-state index is 10.4. The second-order valence-electron chi connectivity index (χ2n) is 12.6. The number of aliphatic hydroxyl groups excluding tert-OH is 13. The van der Waals surface area contributed by atoms with E-state index in [0.29, 0.717) is 0 Å². The summed E-state index contributed by atoms with van der Waals surface area (Å²) in [7, 11) is 0.